The second kappa shape index (κ2) is 14.3. The Labute approximate surface area is 325 Å². The van der Waals surface area contributed by atoms with E-state index >= 15 is 0 Å². The number of nitrogens with zero attached hydrogens (tertiary/aromatic N) is 4. The van der Waals surface area contributed by atoms with Crippen molar-refractivity contribution in [3.8, 4) is 0 Å². The molecule has 0 saturated heterocycles. The van der Waals surface area contributed by atoms with Crippen molar-refractivity contribution in [3.63, 3.8) is 0 Å². The van der Waals surface area contributed by atoms with Crippen molar-refractivity contribution in [2.45, 2.75) is 131 Å². The maximum absolute atomic E-state index is 7.73. The van der Waals surface area contributed by atoms with Gasteiger partial charge in [0.1, 0.15) is 10.8 Å². The van der Waals surface area contributed by atoms with E-state index in [1.165, 1.54) is 22.3 Å². The Kier molecular flexibility index (Phi) is 10.8. The van der Waals surface area contributed by atoms with Crippen molar-refractivity contribution in [1.82, 2.24) is 9.97 Å². The van der Waals surface area contributed by atoms with E-state index in [4.69, 9.17) is 21.6 Å². The predicted molar refractivity (Wildman–Crippen MR) is 230 cm³/mol. The first-order valence-electron chi connectivity index (χ1n) is 19.0. The normalized spacial score (nSPS) is 12.9. The van der Waals surface area contributed by atoms with Gasteiger partial charge in [0.15, 0.2) is 11.6 Å². The maximum Gasteiger partial charge on any atom is 0.162 e. The molecule has 0 fully saturated rings. The average molecular weight is 729 g/mol. The van der Waals surface area contributed by atoms with Gasteiger partial charge in [-0.3, -0.25) is 9.80 Å². The van der Waals surface area contributed by atoms with Crippen LogP contribution in [-0.2, 0) is 27.1 Å². The SMILES string of the molecule is CC(C)(C)c1ccc(N(c2ccc(C(C)(C)C)cc2)c2nc(C(C)(C)C)nc(N(c3ccc(C(C)(C)C)cc3)c3ccc(C(C)(C)C)cc3)c2Cl)cc1. The molecule has 0 unspecified atom stereocenters. The zero-order valence-corrected chi connectivity index (χ0v) is 35.7. The minimum absolute atomic E-state index is 0.0163. The van der Waals surface area contributed by atoms with Crippen LogP contribution in [0.2, 0.25) is 5.02 Å². The highest BCUT2D eigenvalue weighted by Gasteiger charge is 2.30. The Morgan fingerprint density at radius 2 is 0.547 bits per heavy atom. The fraction of sp³-hybridized carbons (Fsp3) is 0.417. The lowest BCUT2D eigenvalue weighted by atomic mass is 9.86. The number of benzene rings is 4. The first-order chi connectivity index (χ1) is 24.4. The highest BCUT2D eigenvalue weighted by atomic mass is 35.5. The van der Waals surface area contributed by atoms with E-state index in [-0.39, 0.29) is 27.1 Å². The molecule has 0 bridgehead atoms. The van der Waals surface area contributed by atoms with Gasteiger partial charge in [-0.05, 0) is 92.4 Å². The molecule has 1 aromatic heterocycles. The van der Waals surface area contributed by atoms with Crippen LogP contribution in [-0.4, -0.2) is 9.97 Å². The van der Waals surface area contributed by atoms with Crippen molar-refractivity contribution in [2.24, 2.45) is 0 Å². The van der Waals surface area contributed by atoms with E-state index in [1.807, 2.05) is 0 Å². The van der Waals surface area contributed by atoms with Crippen LogP contribution in [0.4, 0.5) is 34.4 Å². The van der Waals surface area contributed by atoms with E-state index in [0.29, 0.717) is 22.5 Å². The summed E-state index contributed by atoms with van der Waals surface area (Å²) in [7, 11) is 0. The monoisotopic (exact) mass is 728 g/mol. The minimum Gasteiger partial charge on any atom is -0.294 e. The van der Waals surface area contributed by atoms with Gasteiger partial charge in [-0.2, -0.15) is 0 Å². The molecule has 4 nitrogen and oxygen atoms in total. The van der Waals surface area contributed by atoms with Crippen LogP contribution in [0.25, 0.3) is 0 Å². The van der Waals surface area contributed by atoms with Gasteiger partial charge in [0.05, 0.1) is 0 Å². The molecule has 5 rings (SSSR count). The predicted octanol–water partition coefficient (Wildman–Crippen LogP) is 14.6. The lowest BCUT2D eigenvalue weighted by Gasteiger charge is -2.32. The van der Waals surface area contributed by atoms with E-state index in [9.17, 15) is 0 Å². The molecule has 1 heterocycles. The molecule has 0 saturated carbocycles. The second-order valence-electron chi connectivity index (χ2n) is 19.6. The first kappa shape index (κ1) is 40.0. The first-order valence-corrected chi connectivity index (χ1v) is 19.3. The highest BCUT2D eigenvalue weighted by Crippen LogP contribution is 2.47. The van der Waals surface area contributed by atoms with Crippen LogP contribution in [0.3, 0.4) is 0 Å². The van der Waals surface area contributed by atoms with Gasteiger partial charge in [0.2, 0.25) is 0 Å². The van der Waals surface area contributed by atoms with E-state index in [2.05, 4.69) is 211 Å². The van der Waals surface area contributed by atoms with Crippen LogP contribution in [0.1, 0.15) is 132 Å². The third-order valence-corrected chi connectivity index (χ3v) is 10.2. The Balaban J connectivity index is 1.82. The molecule has 53 heavy (non-hydrogen) atoms. The van der Waals surface area contributed by atoms with Crippen molar-refractivity contribution < 1.29 is 0 Å². The number of aromatic nitrogens is 2. The Hall–Kier alpha value is -4.15. The van der Waals surface area contributed by atoms with E-state index < -0.39 is 0 Å². The minimum atomic E-state index is -0.371. The van der Waals surface area contributed by atoms with Crippen LogP contribution in [0.5, 0.6) is 0 Å². The van der Waals surface area contributed by atoms with Crippen molar-refractivity contribution in [3.05, 3.63) is 130 Å². The van der Waals surface area contributed by atoms with Gasteiger partial charge in [0.25, 0.3) is 0 Å². The van der Waals surface area contributed by atoms with Crippen molar-refractivity contribution in [2.75, 3.05) is 9.80 Å². The fourth-order valence-electron chi connectivity index (χ4n) is 6.28. The molecule has 0 aliphatic rings. The summed E-state index contributed by atoms with van der Waals surface area (Å²) in [5, 5.41) is 0.470. The molecule has 280 valence electrons. The molecule has 0 amide bonds. The van der Waals surface area contributed by atoms with Crippen LogP contribution in [0.15, 0.2) is 97.1 Å². The Morgan fingerprint density at radius 3 is 0.717 bits per heavy atom. The summed E-state index contributed by atoms with van der Waals surface area (Å²) in [6.45, 7) is 33.4. The third kappa shape index (κ3) is 8.98. The summed E-state index contributed by atoms with van der Waals surface area (Å²) < 4.78 is 0. The molecule has 0 N–H and O–H groups in total. The lowest BCUT2D eigenvalue weighted by Crippen LogP contribution is -2.23. The summed E-state index contributed by atoms with van der Waals surface area (Å²) in [4.78, 5) is 15.0. The van der Waals surface area contributed by atoms with Gasteiger partial charge in [-0.25, -0.2) is 9.97 Å². The summed E-state index contributed by atoms with van der Waals surface area (Å²) >= 11 is 7.73. The molecular formula is C48H61ClN4. The lowest BCUT2D eigenvalue weighted by molar-refractivity contribution is 0.546. The molecule has 4 aromatic carbocycles. The van der Waals surface area contributed by atoms with Gasteiger partial charge < -0.3 is 0 Å². The van der Waals surface area contributed by atoms with Gasteiger partial charge in [-0.15, -0.1) is 0 Å². The largest absolute Gasteiger partial charge is 0.294 e. The maximum atomic E-state index is 7.73. The Bertz CT molecular complexity index is 1750. The zero-order valence-electron chi connectivity index (χ0n) is 34.9. The van der Waals surface area contributed by atoms with Gasteiger partial charge in [0, 0.05) is 28.2 Å². The van der Waals surface area contributed by atoms with Crippen LogP contribution < -0.4 is 9.80 Å². The summed E-state index contributed by atoms with van der Waals surface area (Å²) in [5.41, 5.74) is 8.64. The molecule has 0 atom stereocenters. The average Bonchev–Trinajstić information content (AvgIpc) is 3.05. The molecule has 5 aromatic rings. The standard InChI is InChI=1S/C48H61ClN4/c1-44(2,3)32-16-24-36(25-17-32)52(37-26-18-33(19-27-37)45(4,5)6)41-40(49)42(51-43(50-41)48(13,14)15)53(38-28-20-34(21-29-38)46(7,8)9)39-30-22-35(23-31-39)47(10,11)12/h16-31H,1-15H3. The molecule has 0 aliphatic carbocycles. The topological polar surface area (TPSA) is 32.3 Å². The number of anilines is 6. The summed E-state index contributed by atoms with van der Waals surface area (Å²) in [6, 6.07) is 35.2. The second-order valence-corrected chi connectivity index (χ2v) is 20.0. The van der Waals surface area contributed by atoms with Crippen molar-refractivity contribution in [1.29, 1.82) is 0 Å². The van der Waals surface area contributed by atoms with E-state index in [0.717, 1.165) is 22.7 Å². The van der Waals surface area contributed by atoms with Gasteiger partial charge >= 0.3 is 0 Å². The fourth-order valence-corrected chi connectivity index (χ4v) is 6.54. The molecule has 0 spiro atoms. The third-order valence-electron chi connectivity index (χ3n) is 9.88. The summed E-state index contributed by atoms with van der Waals surface area (Å²) in [6.07, 6.45) is 0. The van der Waals surface area contributed by atoms with Crippen LogP contribution in [0, 0.1) is 0 Å². The number of hydrogen-bond acceptors (Lipinski definition) is 4. The Morgan fingerprint density at radius 1 is 0.340 bits per heavy atom. The smallest absolute Gasteiger partial charge is 0.162 e. The van der Waals surface area contributed by atoms with Gasteiger partial charge in [-0.1, -0.05) is 164 Å². The zero-order chi connectivity index (χ0) is 39.3. The van der Waals surface area contributed by atoms with Crippen LogP contribution >= 0.6 is 11.6 Å². The number of rotatable bonds is 6. The van der Waals surface area contributed by atoms with Crippen molar-refractivity contribution >= 4 is 46.0 Å². The number of hydrogen-bond donors (Lipinski definition) is 0. The molecule has 5 heteroatoms. The molecule has 0 radical (unpaired) electrons. The van der Waals surface area contributed by atoms with E-state index in [1.54, 1.807) is 0 Å². The number of halogens is 1. The molecule has 0 aliphatic heterocycles. The highest BCUT2D eigenvalue weighted by molar-refractivity contribution is 6.36. The quantitative estimate of drug-likeness (QED) is 0.174. The summed E-state index contributed by atoms with van der Waals surface area (Å²) in [5.74, 6) is 1.98. The molecular weight excluding hydrogens is 668 g/mol.